The van der Waals surface area contributed by atoms with Crippen molar-refractivity contribution in [1.82, 2.24) is 4.98 Å². The zero-order valence-corrected chi connectivity index (χ0v) is 10.9. The summed E-state index contributed by atoms with van der Waals surface area (Å²) in [4.78, 5) is 14.9. The second kappa shape index (κ2) is 5.20. The number of hydrogen-bond acceptors (Lipinski definition) is 3. The normalized spacial score (nSPS) is 10.5. The highest BCUT2D eigenvalue weighted by Crippen LogP contribution is 2.25. The van der Waals surface area contributed by atoms with Crippen LogP contribution in [0.25, 0.3) is 10.9 Å². The number of fused-ring (bicyclic) bond motifs is 1. The van der Waals surface area contributed by atoms with Gasteiger partial charge in [-0.15, -0.1) is 0 Å². The highest BCUT2D eigenvalue weighted by molar-refractivity contribution is 5.93. The minimum Gasteiger partial charge on any atom is -0.478 e. The van der Waals surface area contributed by atoms with Gasteiger partial charge in [-0.25, -0.2) is 9.18 Å². The van der Waals surface area contributed by atoms with Crippen molar-refractivity contribution in [3.8, 4) is 0 Å². The van der Waals surface area contributed by atoms with Crippen LogP contribution in [-0.2, 0) is 0 Å². The number of aromatic nitrogens is 1. The maximum absolute atomic E-state index is 13.2. The summed E-state index contributed by atoms with van der Waals surface area (Å²) >= 11 is 0. The molecule has 0 unspecified atom stereocenters. The topological polar surface area (TPSA) is 62.2 Å². The van der Waals surface area contributed by atoms with E-state index in [4.69, 9.17) is 5.11 Å². The van der Waals surface area contributed by atoms with Gasteiger partial charge in [0.15, 0.2) is 0 Å². The third kappa shape index (κ3) is 2.67. The molecule has 0 spiro atoms. The Morgan fingerprint density at radius 2 is 1.86 bits per heavy atom. The van der Waals surface area contributed by atoms with E-state index in [0.717, 1.165) is 16.8 Å². The van der Waals surface area contributed by atoms with E-state index in [-0.39, 0.29) is 11.4 Å². The summed E-state index contributed by atoms with van der Waals surface area (Å²) in [5.41, 5.74) is 2.31. The highest BCUT2D eigenvalue weighted by atomic mass is 19.1. The number of benzene rings is 2. The molecule has 0 atom stereocenters. The SMILES string of the molecule is O=C(O)c1ccc(Nc2ccnc3cc(F)ccc23)cc1. The van der Waals surface area contributed by atoms with Gasteiger partial charge >= 0.3 is 5.97 Å². The zero-order valence-electron chi connectivity index (χ0n) is 10.9. The molecular weight excluding hydrogens is 271 g/mol. The van der Waals surface area contributed by atoms with Gasteiger partial charge in [-0.2, -0.15) is 0 Å². The summed E-state index contributed by atoms with van der Waals surface area (Å²) in [7, 11) is 0. The molecule has 4 nitrogen and oxygen atoms in total. The number of halogens is 1. The largest absolute Gasteiger partial charge is 0.478 e. The van der Waals surface area contributed by atoms with E-state index in [1.165, 1.54) is 24.3 Å². The van der Waals surface area contributed by atoms with Crippen molar-refractivity contribution >= 4 is 28.2 Å². The first-order chi connectivity index (χ1) is 10.1. The maximum atomic E-state index is 13.2. The quantitative estimate of drug-likeness (QED) is 0.766. The number of rotatable bonds is 3. The van der Waals surface area contributed by atoms with Crippen LogP contribution in [0.1, 0.15) is 10.4 Å². The Kier molecular flexibility index (Phi) is 3.23. The van der Waals surface area contributed by atoms with Crippen molar-refractivity contribution in [3.63, 3.8) is 0 Å². The third-order valence-corrected chi connectivity index (χ3v) is 3.12. The van der Waals surface area contributed by atoms with Gasteiger partial charge in [0.1, 0.15) is 5.82 Å². The van der Waals surface area contributed by atoms with Crippen LogP contribution in [0.4, 0.5) is 15.8 Å². The van der Waals surface area contributed by atoms with Crippen LogP contribution in [-0.4, -0.2) is 16.1 Å². The average Bonchev–Trinajstić information content (AvgIpc) is 2.47. The van der Waals surface area contributed by atoms with E-state index in [2.05, 4.69) is 10.3 Å². The Balaban J connectivity index is 1.96. The summed E-state index contributed by atoms with van der Waals surface area (Å²) in [6, 6.07) is 12.6. The first kappa shape index (κ1) is 13.1. The van der Waals surface area contributed by atoms with Crippen LogP contribution in [0.5, 0.6) is 0 Å². The summed E-state index contributed by atoms with van der Waals surface area (Å²) < 4.78 is 13.2. The Morgan fingerprint density at radius 1 is 1.10 bits per heavy atom. The van der Waals surface area contributed by atoms with E-state index in [9.17, 15) is 9.18 Å². The van der Waals surface area contributed by atoms with E-state index in [0.29, 0.717) is 5.52 Å². The summed E-state index contributed by atoms with van der Waals surface area (Å²) in [6.45, 7) is 0. The van der Waals surface area contributed by atoms with Gasteiger partial charge in [-0.05, 0) is 42.5 Å². The Labute approximate surface area is 119 Å². The molecule has 3 aromatic rings. The van der Waals surface area contributed by atoms with Crippen LogP contribution in [0, 0.1) is 5.82 Å². The molecule has 0 saturated carbocycles. The second-order valence-corrected chi connectivity index (χ2v) is 4.53. The molecule has 0 aliphatic carbocycles. The van der Waals surface area contributed by atoms with Gasteiger partial charge < -0.3 is 10.4 Å². The van der Waals surface area contributed by atoms with Gasteiger partial charge in [-0.3, -0.25) is 4.98 Å². The lowest BCUT2D eigenvalue weighted by atomic mass is 10.1. The summed E-state index contributed by atoms with van der Waals surface area (Å²) in [5.74, 6) is -1.30. The molecule has 2 aromatic carbocycles. The molecule has 5 heteroatoms. The molecule has 104 valence electrons. The lowest BCUT2D eigenvalue weighted by molar-refractivity contribution is 0.0697. The molecule has 0 amide bonds. The number of pyridine rings is 1. The lowest BCUT2D eigenvalue weighted by Crippen LogP contribution is -1.97. The first-order valence-corrected chi connectivity index (χ1v) is 6.28. The molecule has 21 heavy (non-hydrogen) atoms. The molecule has 1 aromatic heterocycles. The van der Waals surface area contributed by atoms with Crippen LogP contribution >= 0.6 is 0 Å². The standard InChI is InChI=1S/C16H11FN2O2/c17-11-3-6-13-14(7-8-18-15(13)9-11)19-12-4-1-10(2-5-12)16(20)21/h1-9H,(H,18,19)(H,20,21). The van der Waals surface area contributed by atoms with Crippen molar-refractivity contribution in [2.75, 3.05) is 5.32 Å². The minimum atomic E-state index is -0.966. The van der Waals surface area contributed by atoms with Crippen LogP contribution in [0.3, 0.4) is 0 Å². The van der Waals surface area contributed by atoms with Crippen LogP contribution in [0.2, 0.25) is 0 Å². The smallest absolute Gasteiger partial charge is 0.335 e. The number of carbonyl (C=O) groups is 1. The molecule has 0 radical (unpaired) electrons. The Hall–Kier alpha value is -2.95. The fourth-order valence-electron chi connectivity index (χ4n) is 2.08. The zero-order chi connectivity index (χ0) is 14.8. The number of nitrogens with one attached hydrogen (secondary N) is 1. The molecular formula is C16H11FN2O2. The number of nitrogens with zero attached hydrogens (tertiary/aromatic N) is 1. The van der Waals surface area contributed by atoms with Gasteiger partial charge in [0.25, 0.3) is 0 Å². The van der Waals surface area contributed by atoms with Crippen molar-refractivity contribution in [3.05, 3.63) is 66.1 Å². The first-order valence-electron chi connectivity index (χ1n) is 6.28. The van der Waals surface area contributed by atoms with Crippen molar-refractivity contribution in [1.29, 1.82) is 0 Å². The molecule has 0 fully saturated rings. The molecule has 0 aliphatic rings. The number of carboxylic acids is 1. The molecule has 0 saturated heterocycles. The van der Waals surface area contributed by atoms with E-state index < -0.39 is 5.97 Å². The fraction of sp³-hybridized carbons (Fsp3) is 0. The molecule has 1 heterocycles. The van der Waals surface area contributed by atoms with Gasteiger partial charge in [-0.1, -0.05) is 0 Å². The average molecular weight is 282 g/mol. The van der Waals surface area contributed by atoms with Gasteiger partial charge in [0, 0.05) is 29.0 Å². The van der Waals surface area contributed by atoms with Crippen molar-refractivity contribution in [2.24, 2.45) is 0 Å². The van der Waals surface area contributed by atoms with Crippen LogP contribution < -0.4 is 5.32 Å². The number of anilines is 2. The van der Waals surface area contributed by atoms with Gasteiger partial charge in [0.05, 0.1) is 11.1 Å². The second-order valence-electron chi connectivity index (χ2n) is 4.53. The maximum Gasteiger partial charge on any atom is 0.335 e. The molecule has 2 N–H and O–H groups in total. The van der Waals surface area contributed by atoms with Crippen molar-refractivity contribution in [2.45, 2.75) is 0 Å². The monoisotopic (exact) mass is 282 g/mol. The molecule has 0 bridgehead atoms. The number of hydrogen-bond donors (Lipinski definition) is 2. The summed E-state index contributed by atoms with van der Waals surface area (Å²) in [5, 5.41) is 12.8. The summed E-state index contributed by atoms with van der Waals surface area (Å²) in [6.07, 6.45) is 1.59. The van der Waals surface area contributed by atoms with E-state index >= 15 is 0 Å². The Bertz CT molecular complexity index is 816. The van der Waals surface area contributed by atoms with E-state index in [1.54, 1.807) is 30.5 Å². The number of carboxylic acid groups (broad SMARTS) is 1. The van der Waals surface area contributed by atoms with Crippen molar-refractivity contribution < 1.29 is 14.3 Å². The molecule has 3 rings (SSSR count). The Morgan fingerprint density at radius 3 is 2.57 bits per heavy atom. The molecule has 0 aliphatic heterocycles. The van der Waals surface area contributed by atoms with E-state index in [1.807, 2.05) is 0 Å². The lowest BCUT2D eigenvalue weighted by Gasteiger charge is -2.09. The minimum absolute atomic E-state index is 0.224. The van der Waals surface area contributed by atoms with Gasteiger partial charge in [0.2, 0.25) is 0 Å². The predicted molar refractivity (Wildman–Crippen MR) is 78.4 cm³/mol. The number of aromatic carboxylic acids is 1. The highest BCUT2D eigenvalue weighted by Gasteiger charge is 2.05. The predicted octanol–water partition coefficient (Wildman–Crippen LogP) is 3.82. The third-order valence-electron chi connectivity index (χ3n) is 3.12. The van der Waals surface area contributed by atoms with Crippen LogP contribution in [0.15, 0.2) is 54.7 Å². The fourth-order valence-corrected chi connectivity index (χ4v) is 2.08.